The number of nitrogens with zero attached hydrogens (tertiary/aromatic N) is 1. The lowest BCUT2D eigenvalue weighted by molar-refractivity contribution is 0.278. The molecule has 88 valence electrons. The lowest BCUT2D eigenvalue weighted by Crippen LogP contribution is -2.37. The van der Waals surface area contributed by atoms with Crippen molar-refractivity contribution >= 4 is 0 Å². The fourth-order valence-corrected chi connectivity index (χ4v) is 2.55. The van der Waals surface area contributed by atoms with Gasteiger partial charge in [-0.3, -0.25) is 4.98 Å². The van der Waals surface area contributed by atoms with Gasteiger partial charge in [0.25, 0.3) is 0 Å². The number of pyridine rings is 1. The van der Waals surface area contributed by atoms with Gasteiger partial charge < -0.3 is 5.32 Å². The van der Waals surface area contributed by atoms with E-state index in [1.54, 1.807) is 0 Å². The molecule has 16 heavy (non-hydrogen) atoms. The Labute approximate surface area is 98.5 Å². The van der Waals surface area contributed by atoms with E-state index in [1.807, 2.05) is 12.3 Å². The van der Waals surface area contributed by atoms with Gasteiger partial charge in [0.15, 0.2) is 0 Å². The van der Waals surface area contributed by atoms with Crippen LogP contribution in [0.15, 0.2) is 18.3 Å². The lowest BCUT2D eigenvalue weighted by atomic mass is 9.86. The van der Waals surface area contributed by atoms with Crippen molar-refractivity contribution in [2.24, 2.45) is 5.92 Å². The Morgan fingerprint density at radius 1 is 1.38 bits per heavy atom. The second kappa shape index (κ2) is 5.44. The van der Waals surface area contributed by atoms with Crippen LogP contribution in [-0.2, 0) is 6.54 Å². The van der Waals surface area contributed by atoms with E-state index in [2.05, 4.69) is 30.2 Å². The van der Waals surface area contributed by atoms with Crippen LogP contribution in [0.5, 0.6) is 0 Å². The van der Waals surface area contributed by atoms with Gasteiger partial charge in [-0.2, -0.15) is 0 Å². The predicted octanol–water partition coefficient (Wildman–Crippen LogP) is 3.06. The summed E-state index contributed by atoms with van der Waals surface area (Å²) in [4.78, 5) is 4.43. The van der Waals surface area contributed by atoms with Crippen molar-refractivity contribution in [3.8, 4) is 0 Å². The van der Waals surface area contributed by atoms with Gasteiger partial charge >= 0.3 is 0 Å². The Kier molecular flexibility index (Phi) is 3.94. The van der Waals surface area contributed by atoms with Gasteiger partial charge in [0, 0.05) is 18.8 Å². The molecule has 0 amide bonds. The summed E-state index contributed by atoms with van der Waals surface area (Å²) in [6, 6.07) is 4.83. The first-order valence-electron chi connectivity index (χ1n) is 6.41. The second-order valence-electron chi connectivity index (χ2n) is 5.02. The number of hydrogen-bond donors (Lipinski definition) is 1. The summed E-state index contributed by atoms with van der Waals surface area (Å²) < 4.78 is 0. The normalized spacial score (nSPS) is 25.6. The highest BCUT2D eigenvalue weighted by atomic mass is 14.9. The molecule has 0 aromatic carbocycles. The Balaban J connectivity index is 1.89. The highest BCUT2D eigenvalue weighted by Crippen LogP contribution is 2.23. The van der Waals surface area contributed by atoms with Gasteiger partial charge in [0.2, 0.25) is 0 Å². The first-order chi connectivity index (χ1) is 7.77. The maximum atomic E-state index is 4.43. The summed E-state index contributed by atoms with van der Waals surface area (Å²) in [5.41, 5.74) is 2.48. The van der Waals surface area contributed by atoms with Crippen LogP contribution in [0.4, 0.5) is 0 Å². The molecule has 1 fully saturated rings. The second-order valence-corrected chi connectivity index (χ2v) is 5.02. The van der Waals surface area contributed by atoms with Gasteiger partial charge in [-0.15, -0.1) is 0 Å². The predicted molar refractivity (Wildman–Crippen MR) is 67.2 cm³/mol. The van der Waals surface area contributed by atoms with E-state index in [1.165, 1.54) is 36.9 Å². The van der Waals surface area contributed by atoms with E-state index in [0.717, 1.165) is 12.5 Å². The van der Waals surface area contributed by atoms with Crippen LogP contribution in [0.25, 0.3) is 0 Å². The molecule has 0 aliphatic heterocycles. The third-order valence-corrected chi connectivity index (χ3v) is 3.76. The minimum atomic E-state index is 0.690. The number of hydrogen-bond acceptors (Lipinski definition) is 2. The Morgan fingerprint density at radius 2 is 2.19 bits per heavy atom. The molecule has 2 nitrogen and oxygen atoms in total. The summed E-state index contributed by atoms with van der Waals surface area (Å²) in [5, 5.41) is 3.67. The summed E-state index contributed by atoms with van der Waals surface area (Å²) in [5.74, 6) is 0.817. The van der Waals surface area contributed by atoms with Gasteiger partial charge in [-0.05, 0) is 37.3 Å². The fourth-order valence-electron chi connectivity index (χ4n) is 2.55. The summed E-state index contributed by atoms with van der Waals surface area (Å²) in [6.07, 6.45) is 7.37. The molecule has 1 aliphatic carbocycles. The van der Waals surface area contributed by atoms with Crippen molar-refractivity contribution in [2.75, 3.05) is 0 Å². The van der Waals surface area contributed by atoms with Crippen molar-refractivity contribution in [2.45, 2.75) is 52.1 Å². The van der Waals surface area contributed by atoms with Crippen LogP contribution in [-0.4, -0.2) is 11.0 Å². The minimum absolute atomic E-state index is 0.690. The van der Waals surface area contributed by atoms with Crippen molar-refractivity contribution in [1.82, 2.24) is 10.3 Å². The van der Waals surface area contributed by atoms with Gasteiger partial charge in [-0.1, -0.05) is 25.8 Å². The van der Waals surface area contributed by atoms with Crippen LogP contribution >= 0.6 is 0 Å². The molecule has 0 bridgehead atoms. The summed E-state index contributed by atoms with van der Waals surface area (Å²) in [7, 11) is 0. The van der Waals surface area contributed by atoms with Crippen molar-refractivity contribution in [3.63, 3.8) is 0 Å². The monoisotopic (exact) mass is 218 g/mol. The van der Waals surface area contributed by atoms with Crippen LogP contribution < -0.4 is 5.32 Å². The van der Waals surface area contributed by atoms with Gasteiger partial charge in [0.05, 0.1) is 5.69 Å². The average Bonchev–Trinajstić information content (AvgIpc) is 2.30. The lowest BCUT2D eigenvalue weighted by Gasteiger charge is -2.29. The molecule has 1 saturated carbocycles. The number of aryl methyl sites for hydroxylation is 1. The van der Waals surface area contributed by atoms with E-state index in [4.69, 9.17) is 0 Å². The van der Waals surface area contributed by atoms with Crippen LogP contribution in [0.1, 0.15) is 43.9 Å². The maximum absolute atomic E-state index is 4.43. The van der Waals surface area contributed by atoms with E-state index >= 15 is 0 Å². The largest absolute Gasteiger partial charge is 0.308 e. The topological polar surface area (TPSA) is 24.9 Å². The zero-order valence-electron chi connectivity index (χ0n) is 10.4. The minimum Gasteiger partial charge on any atom is -0.308 e. The molecule has 2 unspecified atom stereocenters. The molecule has 0 saturated heterocycles. The molecular weight excluding hydrogens is 196 g/mol. The van der Waals surface area contributed by atoms with E-state index in [9.17, 15) is 0 Å². The smallest absolute Gasteiger partial charge is 0.0570 e. The molecule has 1 aromatic heterocycles. The molecule has 0 radical (unpaired) electrons. The molecule has 1 heterocycles. The van der Waals surface area contributed by atoms with Gasteiger partial charge in [0.1, 0.15) is 0 Å². The Morgan fingerprint density at radius 3 is 2.94 bits per heavy atom. The number of nitrogens with one attached hydrogen (secondary N) is 1. The highest BCUT2D eigenvalue weighted by molar-refractivity contribution is 5.17. The molecule has 0 spiro atoms. The maximum Gasteiger partial charge on any atom is 0.0570 e. The van der Waals surface area contributed by atoms with Crippen molar-refractivity contribution in [1.29, 1.82) is 0 Å². The zero-order valence-corrected chi connectivity index (χ0v) is 10.4. The van der Waals surface area contributed by atoms with Crippen LogP contribution in [0.3, 0.4) is 0 Å². The average molecular weight is 218 g/mol. The highest BCUT2D eigenvalue weighted by Gasteiger charge is 2.20. The fraction of sp³-hybridized carbons (Fsp3) is 0.643. The SMILES string of the molecule is Cc1cccnc1CNC1CCCCC1C. The Hall–Kier alpha value is -0.890. The molecule has 2 heteroatoms. The van der Waals surface area contributed by atoms with Crippen molar-refractivity contribution in [3.05, 3.63) is 29.6 Å². The summed E-state index contributed by atoms with van der Waals surface area (Å²) in [6.45, 7) is 5.41. The van der Waals surface area contributed by atoms with E-state index in [-0.39, 0.29) is 0 Å². The summed E-state index contributed by atoms with van der Waals surface area (Å²) >= 11 is 0. The van der Waals surface area contributed by atoms with E-state index < -0.39 is 0 Å². The van der Waals surface area contributed by atoms with Crippen LogP contribution in [0.2, 0.25) is 0 Å². The Bertz CT molecular complexity index is 335. The molecule has 1 N–H and O–H groups in total. The molecule has 2 atom stereocenters. The third-order valence-electron chi connectivity index (χ3n) is 3.76. The third kappa shape index (κ3) is 2.82. The van der Waals surface area contributed by atoms with Crippen molar-refractivity contribution < 1.29 is 0 Å². The van der Waals surface area contributed by atoms with Gasteiger partial charge in [-0.25, -0.2) is 0 Å². The molecule has 1 aromatic rings. The number of rotatable bonds is 3. The molecule has 1 aliphatic rings. The quantitative estimate of drug-likeness (QED) is 0.843. The standard InChI is InChI=1S/C14H22N2/c1-11-6-3-4-8-13(11)16-10-14-12(2)7-5-9-15-14/h5,7,9,11,13,16H,3-4,6,8,10H2,1-2H3. The first-order valence-corrected chi connectivity index (χ1v) is 6.41. The first kappa shape index (κ1) is 11.6. The van der Waals surface area contributed by atoms with E-state index in [0.29, 0.717) is 6.04 Å². The van der Waals surface area contributed by atoms with Crippen LogP contribution in [0, 0.1) is 12.8 Å². The number of aromatic nitrogens is 1. The molecular formula is C14H22N2. The zero-order chi connectivity index (χ0) is 11.4. The molecule has 2 rings (SSSR count).